The van der Waals surface area contributed by atoms with Gasteiger partial charge in [0.1, 0.15) is 18.1 Å². The molecule has 1 spiro atoms. The van der Waals surface area contributed by atoms with Gasteiger partial charge < -0.3 is 23.3 Å². The number of piperidine rings is 1. The van der Waals surface area contributed by atoms with E-state index in [0.717, 1.165) is 5.56 Å². The predicted molar refractivity (Wildman–Crippen MR) is 127 cm³/mol. The minimum Gasteiger partial charge on any atom is -0.497 e. The predicted octanol–water partition coefficient (Wildman–Crippen LogP) is 4.89. The van der Waals surface area contributed by atoms with Crippen molar-refractivity contribution in [2.45, 2.75) is 31.4 Å². The molecule has 4 rings (SSSR count). The van der Waals surface area contributed by atoms with Gasteiger partial charge in [-0.05, 0) is 47.9 Å². The van der Waals surface area contributed by atoms with Crippen LogP contribution in [0, 0.1) is 5.41 Å². The van der Waals surface area contributed by atoms with Crippen LogP contribution >= 0.6 is 0 Å². The van der Waals surface area contributed by atoms with Crippen LogP contribution in [0.15, 0.2) is 48.5 Å². The SMILES string of the molecule is COc1cc2c(c(OC)c1)C(OS(=O)(=O)C(F)(F)F)=CC1(CCN(C(=O)OCc3ccccc3)CC1)C2. The van der Waals surface area contributed by atoms with Gasteiger partial charge in [0.15, 0.2) is 5.76 Å². The average molecular weight is 542 g/mol. The van der Waals surface area contributed by atoms with Crippen molar-refractivity contribution < 1.29 is 44.8 Å². The molecule has 12 heteroatoms. The van der Waals surface area contributed by atoms with Crippen LogP contribution in [-0.4, -0.2) is 52.2 Å². The Morgan fingerprint density at radius 2 is 1.73 bits per heavy atom. The molecule has 0 saturated carbocycles. The smallest absolute Gasteiger partial charge is 0.497 e. The molecule has 8 nitrogen and oxygen atoms in total. The maximum atomic E-state index is 13.2. The molecule has 0 bridgehead atoms. The van der Waals surface area contributed by atoms with Crippen LogP contribution in [0.5, 0.6) is 11.5 Å². The molecule has 2 aliphatic rings. The number of rotatable bonds is 6. The summed E-state index contributed by atoms with van der Waals surface area (Å²) in [5, 5.41) is 0. The highest BCUT2D eigenvalue weighted by Gasteiger charge is 2.50. The fourth-order valence-electron chi connectivity index (χ4n) is 4.62. The molecule has 1 heterocycles. The second-order valence-electron chi connectivity index (χ2n) is 8.92. The van der Waals surface area contributed by atoms with Crippen molar-refractivity contribution in [3.8, 4) is 11.5 Å². The molecule has 2 aromatic carbocycles. The van der Waals surface area contributed by atoms with Crippen LogP contribution in [0.25, 0.3) is 5.76 Å². The highest BCUT2D eigenvalue weighted by atomic mass is 32.2. The maximum absolute atomic E-state index is 13.2. The number of methoxy groups -OCH3 is 2. The standard InChI is InChI=1S/C25H26F3NO7S/c1-33-19-12-18-14-24(8-10-29(11-9-24)23(30)35-16-17-6-4-3-5-7-17)15-21(22(18)20(13-19)34-2)36-37(31,32)25(26,27)28/h3-7,12-13,15H,8-11,14,16H2,1-2H3. The minimum absolute atomic E-state index is 0.113. The number of amides is 1. The van der Waals surface area contributed by atoms with Crippen molar-refractivity contribution in [1.29, 1.82) is 0 Å². The van der Waals surface area contributed by atoms with Crippen molar-refractivity contribution in [2.24, 2.45) is 5.41 Å². The van der Waals surface area contributed by atoms with Gasteiger partial charge in [-0.3, -0.25) is 0 Å². The number of nitrogens with zero attached hydrogens (tertiary/aromatic N) is 1. The number of fused-ring (bicyclic) bond motifs is 1. The molecule has 1 aliphatic carbocycles. The summed E-state index contributed by atoms with van der Waals surface area (Å²) in [5.74, 6) is 0.0561. The van der Waals surface area contributed by atoms with E-state index >= 15 is 0 Å². The van der Waals surface area contributed by atoms with Crippen LogP contribution in [0.3, 0.4) is 0 Å². The zero-order valence-electron chi connectivity index (χ0n) is 20.2. The number of benzene rings is 2. The van der Waals surface area contributed by atoms with Gasteiger partial charge >= 0.3 is 21.7 Å². The molecule has 1 amide bonds. The van der Waals surface area contributed by atoms with E-state index < -0.39 is 32.9 Å². The Balaban J connectivity index is 1.59. The third-order valence-corrected chi connectivity index (χ3v) is 7.51. The third kappa shape index (κ3) is 5.63. The first-order chi connectivity index (χ1) is 17.5. The number of hydrogen-bond donors (Lipinski definition) is 0. The number of hydrogen-bond acceptors (Lipinski definition) is 7. The lowest BCUT2D eigenvalue weighted by atomic mass is 9.69. The van der Waals surface area contributed by atoms with E-state index in [1.165, 1.54) is 31.3 Å². The average Bonchev–Trinajstić information content (AvgIpc) is 2.86. The molecular formula is C25H26F3NO7S. The van der Waals surface area contributed by atoms with Gasteiger partial charge in [-0.15, -0.1) is 0 Å². The van der Waals surface area contributed by atoms with E-state index in [9.17, 15) is 26.4 Å². The zero-order valence-corrected chi connectivity index (χ0v) is 21.0. The van der Waals surface area contributed by atoms with E-state index in [2.05, 4.69) is 4.18 Å². The van der Waals surface area contributed by atoms with Crippen molar-refractivity contribution in [3.63, 3.8) is 0 Å². The first-order valence-electron chi connectivity index (χ1n) is 11.4. The molecule has 37 heavy (non-hydrogen) atoms. The molecule has 0 unspecified atom stereocenters. The van der Waals surface area contributed by atoms with Gasteiger partial charge in [0.2, 0.25) is 0 Å². The highest BCUT2D eigenvalue weighted by molar-refractivity contribution is 7.87. The largest absolute Gasteiger partial charge is 0.534 e. The molecule has 200 valence electrons. The molecule has 0 radical (unpaired) electrons. The number of likely N-dealkylation sites (tertiary alicyclic amines) is 1. The van der Waals surface area contributed by atoms with Crippen LogP contribution in [0.2, 0.25) is 0 Å². The lowest BCUT2D eigenvalue weighted by Gasteiger charge is -2.42. The zero-order chi connectivity index (χ0) is 26.8. The number of ether oxygens (including phenoxy) is 3. The summed E-state index contributed by atoms with van der Waals surface area (Å²) in [6.07, 6.45) is 1.98. The van der Waals surface area contributed by atoms with E-state index in [1.807, 2.05) is 30.3 Å². The van der Waals surface area contributed by atoms with Gasteiger partial charge in [-0.2, -0.15) is 21.6 Å². The monoisotopic (exact) mass is 541 g/mol. The Morgan fingerprint density at radius 1 is 1.05 bits per heavy atom. The summed E-state index contributed by atoms with van der Waals surface area (Å²) in [6, 6.07) is 12.3. The number of alkyl halides is 3. The van der Waals surface area contributed by atoms with Crippen LogP contribution in [0.4, 0.5) is 18.0 Å². The highest BCUT2D eigenvalue weighted by Crippen LogP contribution is 2.49. The fourth-order valence-corrected chi connectivity index (χ4v) is 5.08. The summed E-state index contributed by atoms with van der Waals surface area (Å²) >= 11 is 0. The summed E-state index contributed by atoms with van der Waals surface area (Å²) in [6.45, 7) is 0.640. The van der Waals surface area contributed by atoms with Crippen molar-refractivity contribution in [1.82, 2.24) is 4.90 Å². The molecule has 1 saturated heterocycles. The lowest BCUT2D eigenvalue weighted by Crippen LogP contribution is -2.44. The van der Waals surface area contributed by atoms with E-state index in [-0.39, 0.29) is 31.0 Å². The Kier molecular flexibility index (Phi) is 7.31. The normalized spacial score (nSPS) is 17.0. The molecule has 0 aromatic heterocycles. The Morgan fingerprint density at radius 3 is 2.32 bits per heavy atom. The summed E-state index contributed by atoms with van der Waals surface area (Å²) < 4.78 is 84.1. The number of carbonyl (C=O) groups is 1. The first-order valence-corrected chi connectivity index (χ1v) is 12.8. The van der Waals surface area contributed by atoms with Gasteiger partial charge in [0, 0.05) is 19.2 Å². The molecular weight excluding hydrogens is 515 g/mol. The topological polar surface area (TPSA) is 91.4 Å². The molecule has 2 aromatic rings. The molecule has 1 aliphatic heterocycles. The Labute approximate surface area is 212 Å². The van der Waals surface area contributed by atoms with E-state index in [4.69, 9.17) is 14.2 Å². The van der Waals surface area contributed by atoms with Crippen molar-refractivity contribution in [3.05, 3.63) is 65.2 Å². The quantitative estimate of drug-likeness (QED) is 0.380. The molecule has 0 atom stereocenters. The summed E-state index contributed by atoms with van der Waals surface area (Å²) in [5.41, 5.74) is -4.88. The maximum Gasteiger partial charge on any atom is 0.534 e. The fraction of sp³-hybridized carbons (Fsp3) is 0.400. The van der Waals surface area contributed by atoms with Crippen LogP contribution < -0.4 is 9.47 Å². The van der Waals surface area contributed by atoms with Crippen molar-refractivity contribution in [2.75, 3.05) is 27.3 Å². The number of carbonyl (C=O) groups excluding carboxylic acids is 1. The summed E-state index contributed by atoms with van der Waals surface area (Å²) in [4.78, 5) is 14.1. The Bertz CT molecular complexity index is 1290. The molecule has 1 fully saturated rings. The Hall–Kier alpha value is -3.41. The first kappa shape index (κ1) is 26.6. The number of halogens is 3. The van der Waals surface area contributed by atoms with Gasteiger partial charge in [-0.25, -0.2) is 4.79 Å². The van der Waals surface area contributed by atoms with Crippen molar-refractivity contribution >= 4 is 22.0 Å². The van der Waals surface area contributed by atoms with Gasteiger partial charge in [0.25, 0.3) is 0 Å². The third-order valence-electron chi connectivity index (χ3n) is 6.54. The lowest BCUT2D eigenvalue weighted by molar-refractivity contribution is -0.0510. The van der Waals surface area contributed by atoms with Crippen LogP contribution in [-0.2, 0) is 32.1 Å². The van der Waals surface area contributed by atoms with Gasteiger partial charge in [0.05, 0.1) is 19.8 Å². The molecule has 0 N–H and O–H groups in total. The van der Waals surface area contributed by atoms with Crippen LogP contribution in [0.1, 0.15) is 29.5 Å². The number of allylic oxidation sites excluding steroid dienone is 1. The van der Waals surface area contributed by atoms with E-state index in [1.54, 1.807) is 6.07 Å². The second kappa shape index (κ2) is 10.2. The van der Waals surface area contributed by atoms with Gasteiger partial charge in [-0.1, -0.05) is 30.3 Å². The second-order valence-corrected chi connectivity index (χ2v) is 10.5. The minimum atomic E-state index is -5.93. The summed E-state index contributed by atoms with van der Waals surface area (Å²) in [7, 11) is -3.19. The van der Waals surface area contributed by atoms with E-state index in [0.29, 0.717) is 30.6 Å².